The molecule has 0 saturated heterocycles. The highest BCUT2D eigenvalue weighted by Gasteiger charge is 2.44. The quantitative estimate of drug-likeness (QED) is 0.707. The Morgan fingerprint density at radius 1 is 1.15 bits per heavy atom. The van der Waals surface area contributed by atoms with E-state index in [1.807, 2.05) is 30.3 Å². The second-order valence-corrected chi connectivity index (χ2v) is 6.66. The van der Waals surface area contributed by atoms with Crippen LogP contribution in [0.3, 0.4) is 0 Å². The third-order valence-electron chi connectivity index (χ3n) is 4.82. The summed E-state index contributed by atoms with van der Waals surface area (Å²) in [6.45, 7) is 1.19. The zero-order valence-corrected chi connectivity index (χ0v) is 15.5. The van der Waals surface area contributed by atoms with E-state index in [2.05, 4.69) is 28.7 Å². The Balaban J connectivity index is 1.51. The van der Waals surface area contributed by atoms with E-state index in [1.54, 1.807) is 13.2 Å². The van der Waals surface area contributed by atoms with Crippen LogP contribution in [0.2, 0.25) is 0 Å². The molecule has 0 heterocycles. The van der Waals surface area contributed by atoms with Crippen LogP contribution in [-0.2, 0) is 12.0 Å². The molecule has 1 aliphatic rings. The van der Waals surface area contributed by atoms with Gasteiger partial charge in [0.25, 0.3) is 0 Å². The van der Waals surface area contributed by atoms with Crippen molar-refractivity contribution in [3.8, 4) is 23.8 Å². The Morgan fingerprint density at radius 3 is 2.59 bits per heavy atom. The van der Waals surface area contributed by atoms with Crippen LogP contribution in [0.25, 0.3) is 0 Å². The van der Waals surface area contributed by atoms with E-state index in [1.165, 1.54) is 5.56 Å². The van der Waals surface area contributed by atoms with Crippen LogP contribution in [0.15, 0.2) is 48.5 Å². The molecule has 3 rings (SSSR count). The highest BCUT2D eigenvalue weighted by molar-refractivity contribution is 5.74. The lowest BCUT2D eigenvalue weighted by atomic mass is 9.96. The van der Waals surface area contributed by atoms with Crippen LogP contribution in [0.4, 0.5) is 4.79 Å². The van der Waals surface area contributed by atoms with E-state index in [0.29, 0.717) is 24.6 Å². The summed E-state index contributed by atoms with van der Waals surface area (Å²) in [6.07, 6.45) is 7.44. The molecule has 140 valence electrons. The maximum Gasteiger partial charge on any atom is 0.315 e. The maximum absolute atomic E-state index is 12.2. The number of carbonyl (C=O) groups is 1. The number of methoxy groups -OCH3 is 1. The number of amides is 2. The highest BCUT2D eigenvalue weighted by Crippen LogP contribution is 2.47. The fraction of sp³-hybridized carbons (Fsp3) is 0.318. The van der Waals surface area contributed by atoms with Crippen LogP contribution < -0.4 is 20.1 Å². The van der Waals surface area contributed by atoms with Gasteiger partial charge >= 0.3 is 6.03 Å². The molecule has 1 fully saturated rings. The highest BCUT2D eigenvalue weighted by atomic mass is 16.5. The zero-order valence-electron chi connectivity index (χ0n) is 15.5. The van der Waals surface area contributed by atoms with Crippen LogP contribution in [0, 0.1) is 12.3 Å². The molecule has 2 aromatic rings. The van der Waals surface area contributed by atoms with Gasteiger partial charge in [-0.15, -0.1) is 6.42 Å². The lowest BCUT2D eigenvalue weighted by Crippen LogP contribution is -2.39. The standard InChI is InChI=1S/C22H24N2O3/c1-3-13-27-20-14-17(9-10-19(20)26-2)15-23-21(25)24-16-22(11-12-22)18-7-5-4-6-8-18/h1,4-10,14H,11-13,15-16H2,2H3,(H2,23,24,25). The molecule has 2 N–H and O–H groups in total. The molecule has 0 radical (unpaired) electrons. The first kappa shape index (κ1) is 18.7. The molecule has 27 heavy (non-hydrogen) atoms. The molecule has 1 saturated carbocycles. The Kier molecular flexibility index (Phi) is 5.87. The first-order valence-corrected chi connectivity index (χ1v) is 8.97. The molecular weight excluding hydrogens is 340 g/mol. The van der Waals surface area contributed by atoms with Gasteiger partial charge in [0.2, 0.25) is 0 Å². The number of rotatable bonds is 8. The van der Waals surface area contributed by atoms with Crippen LogP contribution in [-0.4, -0.2) is 26.3 Å². The van der Waals surface area contributed by atoms with Gasteiger partial charge in [0.05, 0.1) is 7.11 Å². The van der Waals surface area contributed by atoms with Crippen molar-refractivity contribution in [1.82, 2.24) is 10.6 Å². The summed E-state index contributed by atoms with van der Waals surface area (Å²) in [7, 11) is 1.57. The van der Waals surface area contributed by atoms with Gasteiger partial charge < -0.3 is 20.1 Å². The van der Waals surface area contributed by atoms with E-state index in [4.69, 9.17) is 15.9 Å². The van der Waals surface area contributed by atoms with Gasteiger partial charge in [-0.25, -0.2) is 4.79 Å². The van der Waals surface area contributed by atoms with Crippen LogP contribution >= 0.6 is 0 Å². The van der Waals surface area contributed by atoms with Gasteiger partial charge in [-0.3, -0.25) is 0 Å². The minimum atomic E-state index is -0.181. The van der Waals surface area contributed by atoms with E-state index < -0.39 is 0 Å². The number of nitrogens with one attached hydrogen (secondary N) is 2. The topological polar surface area (TPSA) is 59.6 Å². The van der Waals surface area contributed by atoms with Gasteiger partial charge in [0, 0.05) is 18.5 Å². The monoisotopic (exact) mass is 364 g/mol. The van der Waals surface area contributed by atoms with Gasteiger partial charge in [-0.05, 0) is 36.1 Å². The molecule has 0 aromatic heterocycles. The number of benzene rings is 2. The van der Waals surface area contributed by atoms with Crippen molar-refractivity contribution in [1.29, 1.82) is 0 Å². The first-order valence-electron chi connectivity index (χ1n) is 8.97. The largest absolute Gasteiger partial charge is 0.493 e. The molecule has 5 heteroatoms. The summed E-state index contributed by atoms with van der Waals surface area (Å²) in [4.78, 5) is 12.2. The summed E-state index contributed by atoms with van der Waals surface area (Å²) in [5, 5.41) is 5.88. The van der Waals surface area contributed by atoms with Crippen molar-refractivity contribution < 1.29 is 14.3 Å². The Hall–Kier alpha value is -3.13. The van der Waals surface area contributed by atoms with Gasteiger partial charge in [0.15, 0.2) is 11.5 Å². The predicted molar refractivity (Wildman–Crippen MR) is 105 cm³/mol. The third-order valence-corrected chi connectivity index (χ3v) is 4.82. The minimum Gasteiger partial charge on any atom is -0.493 e. The molecule has 0 aliphatic heterocycles. The predicted octanol–water partition coefficient (Wildman–Crippen LogP) is 3.24. The molecular formula is C22H24N2O3. The molecule has 5 nitrogen and oxygen atoms in total. The average molecular weight is 364 g/mol. The van der Waals surface area contributed by atoms with Crippen molar-refractivity contribution in [3.05, 3.63) is 59.7 Å². The molecule has 0 atom stereocenters. The Labute approximate surface area is 160 Å². The molecule has 0 unspecified atom stereocenters. The lowest BCUT2D eigenvalue weighted by Gasteiger charge is -2.17. The lowest BCUT2D eigenvalue weighted by molar-refractivity contribution is 0.239. The first-order chi connectivity index (χ1) is 13.2. The summed E-state index contributed by atoms with van der Waals surface area (Å²) < 4.78 is 10.7. The maximum atomic E-state index is 12.2. The van der Waals surface area contributed by atoms with Crippen LogP contribution in [0.1, 0.15) is 24.0 Å². The summed E-state index contributed by atoms with van der Waals surface area (Å²) >= 11 is 0. The van der Waals surface area contributed by atoms with Crippen LogP contribution in [0.5, 0.6) is 11.5 Å². The summed E-state index contributed by atoms with van der Waals surface area (Å²) in [5.74, 6) is 3.60. The van der Waals surface area contributed by atoms with E-state index in [0.717, 1.165) is 18.4 Å². The molecule has 0 spiro atoms. The van der Waals surface area contributed by atoms with Crippen molar-refractivity contribution in [2.45, 2.75) is 24.8 Å². The smallest absolute Gasteiger partial charge is 0.315 e. The number of hydrogen-bond donors (Lipinski definition) is 2. The van der Waals surface area contributed by atoms with E-state index >= 15 is 0 Å². The number of ether oxygens (including phenoxy) is 2. The van der Waals surface area contributed by atoms with Crippen molar-refractivity contribution in [3.63, 3.8) is 0 Å². The third kappa shape index (κ3) is 4.73. The van der Waals surface area contributed by atoms with Gasteiger partial charge in [-0.1, -0.05) is 42.3 Å². The zero-order chi connectivity index (χ0) is 19.1. The number of urea groups is 1. The van der Waals surface area contributed by atoms with Crippen molar-refractivity contribution in [2.24, 2.45) is 0 Å². The normalized spacial score (nSPS) is 13.9. The SMILES string of the molecule is C#CCOc1cc(CNC(=O)NCC2(c3ccccc3)CC2)ccc1OC. The van der Waals surface area contributed by atoms with Crippen molar-refractivity contribution in [2.75, 3.05) is 20.3 Å². The number of hydrogen-bond acceptors (Lipinski definition) is 3. The Morgan fingerprint density at radius 2 is 1.93 bits per heavy atom. The van der Waals surface area contributed by atoms with E-state index in [-0.39, 0.29) is 18.1 Å². The number of terminal acetylenes is 1. The second kappa shape index (κ2) is 8.50. The summed E-state index contributed by atoms with van der Waals surface area (Å²) in [6, 6.07) is 15.7. The fourth-order valence-corrected chi connectivity index (χ4v) is 3.07. The summed E-state index contributed by atoms with van der Waals surface area (Å²) in [5.41, 5.74) is 2.28. The Bertz CT molecular complexity index is 823. The molecule has 0 bridgehead atoms. The average Bonchev–Trinajstić information content (AvgIpc) is 3.51. The van der Waals surface area contributed by atoms with E-state index in [9.17, 15) is 4.79 Å². The minimum absolute atomic E-state index is 0.0922. The molecule has 2 aromatic carbocycles. The number of carbonyl (C=O) groups excluding carboxylic acids is 1. The van der Waals surface area contributed by atoms with Crippen molar-refractivity contribution >= 4 is 6.03 Å². The molecule has 1 aliphatic carbocycles. The fourth-order valence-electron chi connectivity index (χ4n) is 3.07. The van der Waals surface area contributed by atoms with Gasteiger partial charge in [0.1, 0.15) is 6.61 Å². The second-order valence-electron chi connectivity index (χ2n) is 6.66. The van der Waals surface area contributed by atoms with Gasteiger partial charge in [-0.2, -0.15) is 0 Å². The molecule has 2 amide bonds.